The van der Waals surface area contributed by atoms with E-state index in [4.69, 9.17) is 14.5 Å². The second-order valence-electron chi connectivity index (χ2n) is 6.46. The molecule has 0 fully saturated rings. The quantitative estimate of drug-likeness (QED) is 0.582. The normalized spacial score (nSPS) is 13.9. The molecule has 0 radical (unpaired) electrons. The van der Waals surface area contributed by atoms with Gasteiger partial charge in [-0.2, -0.15) is 0 Å². The zero-order valence-electron chi connectivity index (χ0n) is 16.7. The van der Waals surface area contributed by atoms with Crippen LogP contribution < -0.4 is 19.5 Å². The topological polar surface area (TPSA) is 100 Å². The molecule has 1 aromatic heterocycles. The second kappa shape index (κ2) is 9.66. The summed E-state index contributed by atoms with van der Waals surface area (Å²) >= 11 is -0.792. The van der Waals surface area contributed by atoms with Crippen molar-refractivity contribution in [3.63, 3.8) is 0 Å². The molecule has 2 N–H and O–H groups in total. The highest BCUT2D eigenvalue weighted by molar-refractivity contribution is 7.99. The Labute approximate surface area is 177 Å². The molecule has 2 heterocycles. The van der Waals surface area contributed by atoms with Crippen LogP contribution in [0.4, 0.5) is 5.82 Å². The zero-order chi connectivity index (χ0) is 21.0. The highest BCUT2D eigenvalue weighted by Crippen LogP contribution is 2.41. The van der Waals surface area contributed by atoms with E-state index in [1.165, 1.54) is 11.8 Å². The molecule has 0 amide bonds. The third-order valence-electron chi connectivity index (χ3n) is 4.44. The highest BCUT2D eigenvalue weighted by Gasteiger charge is 2.21. The smallest absolute Gasteiger partial charge is 0.175 e. The highest BCUT2D eigenvalue weighted by atomic mass is 32.2. The van der Waals surface area contributed by atoms with Gasteiger partial charge in [0, 0.05) is 36.3 Å². The van der Waals surface area contributed by atoms with Gasteiger partial charge in [-0.1, -0.05) is 25.3 Å². The van der Waals surface area contributed by atoms with Crippen LogP contribution >= 0.6 is 11.8 Å². The van der Waals surface area contributed by atoms with Crippen LogP contribution in [-0.2, 0) is 24.2 Å². The predicted octanol–water partition coefficient (Wildman–Crippen LogP) is 2.83. The molecule has 0 aliphatic carbocycles. The monoisotopic (exact) mass is 437 g/mol. The van der Waals surface area contributed by atoms with Gasteiger partial charge in [-0.3, -0.25) is 4.21 Å². The number of nitrogens with zero attached hydrogens (tertiary/aromatic N) is 2. The molecule has 3 rings (SSSR count). The summed E-state index contributed by atoms with van der Waals surface area (Å²) < 4.78 is 37.5. The fraction of sp³-hybridized carbons (Fsp3) is 0.421. The maximum Gasteiger partial charge on any atom is 0.175 e. The number of benzene rings is 1. The van der Waals surface area contributed by atoms with Gasteiger partial charge >= 0.3 is 0 Å². The molecule has 1 aliphatic heterocycles. The van der Waals surface area contributed by atoms with Crippen LogP contribution in [0.15, 0.2) is 28.8 Å². The lowest BCUT2D eigenvalue weighted by Crippen LogP contribution is -2.22. The number of anilines is 1. The van der Waals surface area contributed by atoms with Crippen molar-refractivity contribution in [3.05, 3.63) is 30.0 Å². The van der Waals surface area contributed by atoms with Gasteiger partial charge in [0.05, 0.1) is 0 Å². The zero-order valence-corrected chi connectivity index (χ0v) is 18.4. The number of hydrogen-bond donors (Lipinski definition) is 2. The van der Waals surface area contributed by atoms with Crippen LogP contribution in [0.5, 0.6) is 11.5 Å². The average Bonchev–Trinajstić information content (AvgIpc) is 3.04. The second-order valence-corrected chi connectivity index (χ2v) is 8.23. The first-order valence-corrected chi connectivity index (χ1v) is 11.2. The summed E-state index contributed by atoms with van der Waals surface area (Å²) in [5, 5.41) is 3.92. The van der Waals surface area contributed by atoms with Crippen LogP contribution in [0, 0.1) is 0 Å². The summed E-state index contributed by atoms with van der Waals surface area (Å²) in [6.07, 6.45) is 0.836. The number of fused-ring (bicyclic) bond motifs is 1. The van der Waals surface area contributed by atoms with Crippen molar-refractivity contribution in [2.75, 3.05) is 32.1 Å². The fourth-order valence-corrected chi connectivity index (χ4v) is 4.48. The van der Waals surface area contributed by atoms with E-state index in [9.17, 15) is 8.76 Å². The van der Waals surface area contributed by atoms with Crippen molar-refractivity contribution in [1.29, 1.82) is 0 Å². The van der Waals surface area contributed by atoms with Crippen molar-refractivity contribution >= 4 is 34.4 Å². The molecule has 29 heavy (non-hydrogen) atoms. The number of nitrogens with one attached hydrogen (secondary N) is 2. The van der Waals surface area contributed by atoms with Gasteiger partial charge in [-0.05, 0) is 36.6 Å². The number of allylic oxidation sites excluding steroid dienone is 1. The lowest BCUT2D eigenvalue weighted by molar-refractivity contribution is 0.171. The maximum atomic E-state index is 10.9. The number of ether oxygens (including phenoxy) is 2. The van der Waals surface area contributed by atoms with Gasteiger partial charge in [-0.25, -0.2) is 9.71 Å². The van der Waals surface area contributed by atoms with E-state index < -0.39 is 11.3 Å². The van der Waals surface area contributed by atoms with E-state index in [0.717, 1.165) is 50.6 Å². The van der Waals surface area contributed by atoms with Crippen molar-refractivity contribution in [1.82, 2.24) is 14.3 Å². The van der Waals surface area contributed by atoms with E-state index >= 15 is 0 Å². The number of hydrogen-bond acceptors (Lipinski definition) is 7. The van der Waals surface area contributed by atoms with Crippen LogP contribution in [-0.4, -0.2) is 45.1 Å². The fourth-order valence-electron chi connectivity index (χ4n) is 3.09. The Bertz CT molecular complexity index is 929. The Hall–Kier alpha value is -2.01. The minimum Gasteiger partial charge on any atom is -0.760 e. The van der Waals surface area contributed by atoms with E-state index in [0.29, 0.717) is 19.8 Å². The molecule has 1 aromatic carbocycles. The van der Waals surface area contributed by atoms with Crippen molar-refractivity contribution in [2.24, 2.45) is 0 Å². The Morgan fingerprint density at radius 3 is 2.66 bits per heavy atom. The minimum absolute atomic E-state index is 0.256. The van der Waals surface area contributed by atoms with Crippen molar-refractivity contribution in [2.45, 2.75) is 36.9 Å². The van der Waals surface area contributed by atoms with Crippen LogP contribution in [0.2, 0.25) is 0 Å². The summed E-state index contributed by atoms with van der Waals surface area (Å²) in [6, 6.07) is 4.01. The van der Waals surface area contributed by atoms with Crippen molar-refractivity contribution < 1.29 is 18.2 Å². The van der Waals surface area contributed by atoms with E-state index in [-0.39, 0.29) is 6.54 Å². The first-order valence-electron chi connectivity index (χ1n) is 9.31. The molecule has 8 nitrogen and oxygen atoms in total. The van der Waals surface area contributed by atoms with Crippen LogP contribution in [0.25, 0.3) is 5.57 Å². The van der Waals surface area contributed by atoms with E-state index in [1.807, 2.05) is 30.7 Å². The lowest BCUT2D eigenvalue weighted by Gasteiger charge is -2.21. The molecule has 0 bridgehead atoms. The summed E-state index contributed by atoms with van der Waals surface area (Å²) in [5.74, 6) is 2.29. The molecule has 1 unspecified atom stereocenters. The molecule has 1 aliphatic rings. The number of aryl methyl sites for hydroxylation is 1. The van der Waals surface area contributed by atoms with Crippen LogP contribution in [0.3, 0.4) is 0 Å². The van der Waals surface area contributed by atoms with Crippen molar-refractivity contribution in [3.8, 4) is 11.5 Å². The first kappa shape index (κ1) is 21.7. The predicted molar refractivity (Wildman–Crippen MR) is 114 cm³/mol. The Kier molecular flexibility index (Phi) is 7.23. The number of imidazole rings is 1. The van der Waals surface area contributed by atoms with Gasteiger partial charge < -0.3 is 23.9 Å². The van der Waals surface area contributed by atoms with Gasteiger partial charge in [0.15, 0.2) is 16.7 Å². The number of aromatic nitrogens is 2. The first-order chi connectivity index (χ1) is 13.9. The Morgan fingerprint density at radius 1 is 1.38 bits per heavy atom. The molecular formula is C19H25N4O4S2-. The largest absolute Gasteiger partial charge is 0.760 e. The molecule has 0 saturated heterocycles. The molecular weight excluding hydrogens is 412 g/mol. The third kappa shape index (κ3) is 4.95. The van der Waals surface area contributed by atoms with Gasteiger partial charge in [0.25, 0.3) is 0 Å². The number of rotatable bonds is 9. The summed E-state index contributed by atoms with van der Waals surface area (Å²) in [4.78, 5) is 5.80. The molecule has 10 heteroatoms. The Balaban J connectivity index is 1.99. The average molecular weight is 438 g/mol. The summed E-state index contributed by atoms with van der Waals surface area (Å²) in [5.41, 5.74) is 2.72. The Morgan fingerprint density at radius 2 is 2.07 bits per heavy atom. The third-order valence-corrected chi connectivity index (χ3v) is 5.97. The molecule has 2 aromatic rings. The molecule has 0 saturated carbocycles. The molecule has 0 spiro atoms. The van der Waals surface area contributed by atoms with Gasteiger partial charge in [0.2, 0.25) is 0 Å². The maximum absolute atomic E-state index is 10.9. The lowest BCUT2D eigenvalue weighted by atomic mass is 10.1. The van der Waals surface area contributed by atoms with E-state index in [2.05, 4.69) is 23.5 Å². The molecule has 158 valence electrons. The van der Waals surface area contributed by atoms with Gasteiger partial charge in [0.1, 0.15) is 24.7 Å². The SMILES string of the molecule is C=C(C)c1nc(Sc2cc3c(cc2CC)OCCO3)n(CCNS(=O)[O-])c1NC. The summed E-state index contributed by atoms with van der Waals surface area (Å²) in [6.45, 7) is 9.77. The van der Waals surface area contributed by atoms with Crippen LogP contribution in [0.1, 0.15) is 25.1 Å². The molecule has 1 atom stereocenters. The van der Waals surface area contributed by atoms with E-state index in [1.54, 1.807) is 0 Å². The summed E-state index contributed by atoms with van der Waals surface area (Å²) in [7, 11) is 1.81. The standard InChI is InChI=1S/C19H26N4O4S2/c1-5-13-10-14-15(27-9-8-26-14)11-16(13)28-19-22-17(12(2)3)18(20-4)23(19)7-6-21-29(24)25/h10-11,20-21H,2,5-9H2,1,3-4H3,(H,24,25)/p-1. The van der Waals surface area contributed by atoms with Gasteiger partial charge in [-0.15, -0.1) is 0 Å². The minimum atomic E-state index is -2.31.